The van der Waals surface area contributed by atoms with E-state index in [9.17, 15) is 4.79 Å². The first-order chi connectivity index (χ1) is 13.2. The fourth-order valence-corrected chi connectivity index (χ4v) is 3.58. The van der Waals surface area contributed by atoms with Crippen LogP contribution in [0.3, 0.4) is 0 Å². The molecule has 6 heteroatoms. The van der Waals surface area contributed by atoms with Crippen LogP contribution in [0.25, 0.3) is 0 Å². The molecule has 0 spiro atoms. The number of rotatable bonds is 5. The third kappa shape index (κ3) is 4.23. The summed E-state index contributed by atoms with van der Waals surface area (Å²) in [4.78, 5) is 16.6. The first-order valence-electron chi connectivity index (χ1n) is 9.22. The van der Waals surface area contributed by atoms with Gasteiger partial charge in [-0.05, 0) is 35.4 Å². The number of piperazine rings is 1. The highest BCUT2D eigenvalue weighted by Crippen LogP contribution is 2.32. The van der Waals surface area contributed by atoms with Gasteiger partial charge in [0.05, 0.1) is 12.7 Å². The highest BCUT2D eigenvalue weighted by Gasteiger charge is 2.19. The average Bonchev–Trinajstić information content (AvgIpc) is 3.17. The van der Waals surface area contributed by atoms with E-state index in [1.54, 1.807) is 6.07 Å². The van der Waals surface area contributed by atoms with Crippen LogP contribution in [0.2, 0.25) is 0 Å². The predicted octanol–water partition coefficient (Wildman–Crippen LogP) is 2.52. The molecule has 2 heterocycles. The molecule has 0 unspecified atom stereocenters. The Bertz CT molecular complexity index is 816. The van der Waals surface area contributed by atoms with Crippen molar-refractivity contribution in [2.75, 3.05) is 40.1 Å². The molecule has 142 valence electrons. The third-order valence-corrected chi connectivity index (χ3v) is 5.06. The predicted molar refractivity (Wildman–Crippen MR) is 101 cm³/mol. The third-order valence-electron chi connectivity index (χ3n) is 5.06. The van der Waals surface area contributed by atoms with Gasteiger partial charge in [-0.1, -0.05) is 18.2 Å². The minimum absolute atomic E-state index is 0.287. The zero-order valence-electron chi connectivity index (χ0n) is 15.5. The van der Waals surface area contributed by atoms with E-state index < -0.39 is 0 Å². The number of methoxy groups -OCH3 is 1. The molecular formula is C21H24N2O4. The lowest BCUT2D eigenvalue weighted by Crippen LogP contribution is -2.45. The minimum atomic E-state index is -0.287. The number of carbonyl (C=O) groups excluding carboxylic acids is 1. The molecule has 0 N–H and O–H groups in total. The van der Waals surface area contributed by atoms with Crippen molar-refractivity contribution in [2.24, 2.45) is 0 Å². The Balaban J connectivity index is 1.30. The number of nitrogens with zero attached hydrogens (tertiary/aromatic N) is 2. The van der Waals surface area contributed by atoms with Crippen molar-refractivity contribution in [3.05, 3.63) is 59.2 Å². The molecular weight excluding hydrogens is 344 g/mol. The Morgan fingerprint density at radius 2 is 1.59 bits per heavy atom. The van der Waals surface area contributed by atoms with E-state index in [0.29, 0.717) is 12.4 Å². The number of ether oxygens (including phenoxy) is 3. The molecule has 2 aliphatic rings. The number of carbonyl (C=O) groups is 1. The SMILES string of the molecule is COC(=O)c1cccc(CN2CCN(Cc3ccc4c(c3)OCO4)CC2)c1. The van der Waals surface area contributed by atoms with Gasteiger partial charge in [-0.15, -0.1) is 0 Å². The van der Waals surface area contributed by atoms with Crippen molar-refractivity contribution in [3.8, 4) is 11.5 Å². The second-order valence-electron chi connectivity index (χ2n) is 6.93. The zero-order valence-corrected chi connectivity index (χ0v) is 15.5. The zero-order chi connectivity index (χ0) is 18.6. The molecule has 1 saturated heterocycles. The topological polar surface area (TPSA) is 51.2 Å². The molecule has 0 saturated carbocycles. The molecule has 0 atom stereocenters. The van der Waals surface area contributed by atoms with Gasteiger partial charge in [-0.25, -0.2) is 4.79 Å². The fourth-order valence-electron chi connectivity index (χ4n) is 3.58. The number of fused-ring (bicyclic) bond motifs is 1. The van der Waals surface area contributed by atoms with Gasteiger partial charge < -0.3 is 14.2 Å². The summed E-state index contributed by atoms with van der Waals surface area (Å²) in [6.45, 7) is 6.13. The maximum absolute atomic E-state index is 11.7. The fraction of sp³-hybridized carbons (Fsp3) is 0.381. The van der Waals surface area contributed by atoms with Gasteiger partial charge in [0.2, 0.25) is 6.79 Å². The van der Waals surface area contributed by atoms with E-state index in [-0.39, 0.29) is 5.97 Å². The molecule has 2 aromatic rings. The molecule has 0 amide bonds. The lowest BCUT2D eigenvalue weighted by molar-refractivity contribution is 0.0600. The Hall–Kier alpha value is -2.57. The van der Waals surface area contributed by atoms with Gasteiger partial charge in [0.15, 0.2) is 11.5 Å². The summed E-state index contributed by atoms with van der Waals surface area (Å²) in [5.41, 5.74) is 3.00. The van der Waals surface area contributed by atoms with Crippen LogP contribution in [0.4, 0.5) is 0 Å². The smallest absolute Gasteiger partial charge is 0.337 e. The van der Waals surface area contributed by atoms with Crippen molar-refractivity contribution >= 4 is 5.97 Å². The van der Waals surface area contributed by atoms with Gasteiger partial charge in [0, 0.05) is 39.3 Å². The summed E-state index contributed by atoms with van der Waals surface area (Å²) in [7, 11) is 1.41. The number of esters is 1. The number of benzene rings is 2. The summed E-state index contributed by atoms with van der Waals surface area (Å²) in [5.74, 6) is 1.39. The Labute approximate surface area is 159 Å². The highest BCUT2D eigenvalue weighted by molar-refractivity contribution is 5.89. The Morgan fingerprint density at radius 1 is 0.926 bits per heavy atom. The minimum Gasteiger partial charge on any atom is -0.465 e. The lowest BCUT2D eigenvalue weighted by atomic mass is 10.1. The van der Waals surface area contributed by atoms with Crippen molar-refractivity contribution in [1.29, 1.82) is 0 Å². The van der Waals surface area contributed by atoms with Crippen LogP contribution < -0.4 is 9.47 Å². The van der Waals surface area contributed by atoms with E-state index in [1.165, 1.54) is 12.7 Å². The molecule has 0 aromatic heterocycles. The monoisotopic (exact) mass is 368 g/mol. The molecule has 0 aliphatic carbocycles. The standard InChI is InChI=1S/C21H24N2O4/c1-25-21(24)18-4-2-3-16(11-18)13-22-7-9-23(10-8-22)14-17-5-6-19-20(12-17)27-15-26-19/h2-6,11-12H,7-10,13-15H2,1H3. The summed E-state index contributed by atoms with van der Waals surface area (Å²) >= 11 is 0. The van der Waals surface area contributed by atoms with Crippen LogP contribution >= 0.6 is 0 Å². The van der Waals surface area contributed by atoms with Crippen LogP contribution in [0.1, 0.15) is 21.5 Å². The van der Waals surface area contributed by atoms with Crippen LogP contribution in [0.5, 0.6) is 11.5 Å². The summed E-state index contributed by atoms with van der Waals surface area (Å²) < 4.78 is 15.6. The normalized spacial score (nSPS) is 17.1. The molecule has 2 aromatic carbocycles. The van der Waals surface area contributed by atoms with Gasteiger partial charge in [0.1, 0.15) is 0 Å². The maximum Gasteiger partial charge on any atom is 0.337 e. The quantitative estimate of drug-likeness (QED) is 0.756. The van der Waals surface area contributed by atoms with Gasteiger partial charge in [-0.2, -0.15) is 0 Å². The molecule has 2 aliphatic heterocycles. The van der Waals surface area contributed by atoms with Gasteiger partial charge in [-0.3, -0.25) is 9.80 Å². The molecule has 4 rings (SSSR count). The van der Waals surface area contributed by atoms with Crippen LogP contribution in [0.15, 0.2) is 42.5 Å². The maximum atomic E-state index is 11.7. The summed E-state index contributed by atoms with van der Waals surface area (Å²) in [6, 6.07) is 13.9. The van der Waals surface area contributed by atoms with Crippen molar-refractivity contribution in [1.82, 2.24) is 9.80 Å². The van der Waals surface area contributed by atoms with Gasteiger partial charge >= 0.3 is 5.97 Å². The molecule has 6 nitrogen and oxygen atoms in total. The van der Waals surface area contributed by atoms with Crippen LogP contribution in [0, 0.1) is 0 Å². The second kappa shape index (κ2) is 7.98. The number of hydrogen-bond acceptors (Lipinski definition) is 6. The molecule has 1 fully saturated rings. The van der Waals surface area contributed by atoms with E-state index in [4.69, 9.17) is 14.2 Å². The van der Waals surface area contributed by atoms with Crippen molar-refractivity contribution in [3.63, 3.8) is 0 Å². The first kappa shape index (κ1) is 17.8. The van der Waals surface area contributed by atoms with E-state index >= 15 is 0 Å². The van der Waals surface area contributed by atoms with Crippen LogP contribution in [-0.4, -0.2) is 55.9 Å². The molecule has 0 bridgehead atoms. The summed E-state index contributed by atoms with van der Waals surface area (Å²) in [6.07, 6.45) is 0. The van der Waals surface area contributed by atoms with Crippen molar-refractivity contribution < 1.29 is 19.0 Å². The van der Waals surface area contributed by atoms with Crippen molar-refractivity contribution in [2.45, 2.75) is 13.1 Å². The number of hydrogen-bond donors (Lipinski definition) is 0. The average molecular weight is 368 g/mol. The lowest BCUT2D eigenvalue weighted by Gasteiger charge is -2.34. The summed E-state index contributed by atoms with van der Waals surface area (Å²) in [5, 5.41) is 0. The Morgan fingerprint density at radius 3 is 2.30 bits per heavy atom. The van der Waals surface area contributed by atoms with Gasteiger partial charge in [0.25, 0.3) is 0 Å². The molecule has 0 radical (unpaired) electrons. The van der Waals surface area contributed by atoms with E-state index in [1.807, 2.05) is 18.2 Å². The van der Waals surface area contributed by atoms with E-state index in [0.717, 1.165) is 56.3 Å². The highest BCUT2D eigenvalue weighted by atomic mass is 16.7. The van der Waals surface area contributed by atoms with E-state index in [2.05, 4.69) is 28.0 Å². The molecule has 27 heavy (non-hydrogen) atoms. The second-order valence-corrected chi connectivity index (χ2v) is 6.93. The first-order valence-corrected chi connectivity index (χ1v) is 9.22. The van der Waals surface area contributed by atoms with Crippen LogP contribution in [-0.2, 0) is 17.8 Å². The Kier molecular flexibility index (Phi) is 5.27. The largest absolute Gasteiger partial charge is 0.465 e.